The van der Waals surface area contributed by atoms with Crippen LogP contribution in [0.4, 0.5) is 8.78 Å². The molecule has 4 heterocycles. The van der Waals surface area contributed by atoms with E-state index in [1.807, 2.05) is 22.0 Å². The molecule has 7 atom stereocenters. The van der Waals surface area contributed by atoms with Crippen LogP contribution >= 0.6 is 0 Å². The average molecular weight is 508 g/mol. The van der Waals surface area contributed by atoms with Gasteiger partial charge in [0.05, 0.1) is 24.9 Å². The number of methoxy groups -OCH3 is 1. The summed E-state index contributed by atoms with van der Waals surface area (Å²) in [6, 6.07) is -0.169. The summed E-state index contributed by atoms with van der Waals surface area (Å²) < 4.78 is 63.0. The van der Waals surface area contributed by atoms with Crippen molar-refractivity contribution in [3.8, 4) is 0 Å². The Bertz CT molecular complexity index is 837. The van der Waals surface area contributed by atoms with Crippen molar-refractivity contribution in [2.45, 2.75) is 73.7 Å². The molecule has 4 saturated heterocycles. The zero-order valence-corrected chi connectivity index (χ0v) is 20.9. The largest absolute Gasteiger partial charge is 0.380 e. The molecule has 4 N–H and O–H groups in total. The SMILES string of the molecule is COC1CCC2CNN(C)C2C1NS(=O)(=O)C1CNN(C2CC(N3CCC(F)(F)C3)CCN2)C1. The third-order valence-electron chi connectivity index (χ3n) is 8.53. The molecule has 0 radical (unpaired) electrons. The molecule has 0 spiro atoms. The van der Waals surface area contributed by atoms with Gasteiger partial charge < -0.3 is 10.1 Å². The van der Waals surface area contributed by atoms with E-state index in [4.69, 9.17) is 4.74 Å². The zero-order chi connectivity index (χ0) is 24.1. The standard InChI is InChI=1S/C21H39F2N7O3S/c1-28-20-14(10-25-28)3-4-17(33-2)19(20)27-34(31,32)16-11-26-30(12-16)18-9-15(5-7-24-18)29-8-6-21(22,23)13-29/h14-20,24-27H,3-13H2,1-2H3. The summed E-state index contributed by atoms with van der Waals surface area (Å²) in [5.41, 5.74) is 6.60. The molecular formula is C21H39F2N7O3S. The number of hydrazine groups is 2. The summed E-state index contributed by atoms with van der Waals surface area (Å²) in [7, 11) is 0.00345. The first-order valence-electron chi connectivity index (χ1n) is 12.5. The van der Waals surface area contributed by atoms with Gasteiger partial charge in [0.25, 0.3) is 5.92 Å². The van der Waals surface area contributed by atoms with Crippen LogP contribution in [0.5, 0.6) is 0 Å². The smallest absolute Gasteiger partial charge is 0.261 e. The van der Waals surface area contributed by atoms with Crippen molar-refractivity contribution in [1.29, 1.82) is 0 Å². The lowest BCUT2D eigenvalue weighted by molar-refractivity contribution is -0.0000407. The predicted molar refractivity (Wildman–Crippen MR) is 123 cm³/mol. The lowest BCUT2D eigenvalue weighted by Crippen LogP contribution is -2.61. The highest BCUT2D eigenvalue weighted by atomic mass is 32.2. The highest BCUT2D eigenvalue weighted by molar-refractivity contribution is 7.90. The minimum atomic E-state index is -3.61. The first-order valence-corrected chi connectivity index (χ1v) is 14.1. The van der Waals surface area contributed by atoms with Crippen LogP contribution < -0.4 is 20.9 Å². The molecule has 0 bridgehead atoms. The molecule has 5 rings (SSSR count). The minimum absolute atomic E-state index is 0.0540. The molecule has 196 valence electrons. The first kappa shape index (κ1) is 25.2. The van der Waals surface area contributed by atoms with Crippen LogP contribution in [0.3, 0.4) is 0 Å². The van der Waals surface area contributed by atoms with Gasteiger partial charge in [0.2, 0.25) is 10.0 Å². The second-order valence-corrected chi connectivity index (χ2v) is 12.6. The van der Waals surface area contributed by atoms with E-state index >= 15 is 0 Å². The Morgan fingerprint density at radius 2 is 1.97 bits per heavy atom. The van der Waals surface area contributed by atoms with Crippen molar-refractivity contribution in [3.63, 3.8) is 0 Å². The quantitative estimate of drug-likeness (QED) is 0.365. The second kappa shape index (κ2) is 9.75. The van der Waals surface area contributed by atoms with Gasteiger partial charge in [-0.05, 0) is 38.1 Å². The summed E-state index contributed by atoms with van der Waals surface area (Å²) in [4.78, 5) is 1.90. The molecule has 7 unspecified atom stereocenters. The topological polar surface area (TPSA) is 101 Å². The molecule has 1 aliphatic carbocycles. The Balaban J connectivity index is 1.21. The zero-order valence-electron chi connectivity index (χ0n) is 20.1. The van der Waals surface area contributed by atoms with Gasteiger partial charge in [0.1, 0.15) is 5.25 Å². The number of alkyl halides is 2. The van der Waals surface area contributed by atoms with Gasteiger partial charge >= 0.3 is 0 Å². The van der Waals surface area contributed by atoms with E-state index in [0.29, 0.717) is 32.0 Å². The Morgan fingerprint density at radius 3 is 2.71 bits per heavy atom. The lowest BCUT2D eigenvalue weighted by atomic mass is 9.80. The summed E-state index contributed by atoms with van der Waals surface area (Å²) in [5, 5.41) is 6.82. The van der Waals surface area contributed by atoms with Crippen LogP contribution in [0, 0.1) is 5.92 Å². The third-order valence-corrected chi connectivity index (χ3v) is 10.3. The van der Waals surface area contributed by atoms with E-state index in [2.05, 4.69) is 20.9 Å². The molecule has 34 heavy (non-hydrogen) atoms. The highest BCUT2D eigenvalue weighted by Crippen LogP contribution is 2.34. The Kier molecular flexibility index (Phi) is 7.21. The Hall–Kier alpha value is -0.510. The van der Waals surface area contributed by atoms with Crippen LogP contribution in [-0.4, -0.2) is 118 Å². The second-order valence-electron chi connectivity index (χ2n) is 10.6. The molecule has 4 aliphatic heterocycles. The van der Waals surface area contributed by atoms with E-state index in [1.54, 1.807) is 7.11 Å². The number of sulfonamides is 1. The van der Waals surface area contributed by atoms with Gasteiger partial charge in [-0.3, -0.25) is 15.8 Å². The number of hydrogen-bond acceptors (Lipinski definition) is 9. The van der Waals surface area contributed by atoms with Crippen LogP contribution in [-0.2, 0) is 14.8 Å². The van der Waals surface area contributed by atoms with Gasteiger partial charge in [-0.25, -0.2) is 31.9 Å². The fourth-order valence-electron chi connectivity index (χ4n) is 6.62. The summed E-state index contributed by atoms with van der Waals surface area (Å²) in [6.45, 7) is 2.50. The number of fused-ring (bicyclic) bond motifs is 1. The van der Waals surface area contributed by atoms with E-state index in [1.165, 1.54) is 0 Å². The third kappa shape index (κ3) is 5.00. The van der Waals surface area contributed by atoms with Gasteiger partial charge in [-0.1, -0.05) is 0 Å². The number of piperidine rings is 1. The maximum atomic E-state index is 13.7. The van der Waals surface area contributed by atoms with Gasteiger partial charge in [0, 0.05) is 58.8 Å². The highest BCUT2D eigenvalue weighted by Gasteiger charge is 2.49. The molecule has 0 aromatic rings. The van der Waals surface area contributed by atoms with Crippen molar-refractivity contribution in [1.82, 2.24) is 35.8 Å². The fourth-order valence-corrected chi connectivity index (χ4v) is 8.13. The van der Waals surface area contributed by atoms with Crippen molar-refractivity contribution in [2.75, 3.05) is 53.4 Å². The van der Waals surface area contributed by atoms with E-state index in [-0.39, 0.29) is 43.4 Å². The minimum Gasteiger partial charge on any atom is -0.380 e. The molecule has 0 aromatic heterocycles. The number of nitrogens with one attached hydrogen (secondary N) is 4. The molecule has 5 fully saturated rings. The summed E-state index contributed by atoms with van der Waals surface area (Å²) >= 11 is 0. The fraction of sp³-hybridized carbons (Fsp3) is 1.00. The summed E-state index contributed by atoms with van der Waals surface area (Å²) in [5.74, 6) is -2.21. The molecule has 0 aromatic carbocycles. The van der Waals surface area contributed by atoms with Crippen LogP contribution in [0.1, 0.15) is 32.1 Å². The number of halogens is 2. The molecule has 1 saturated carbocycles. The number of ether oxygens (including phenoxy) is 1. The van der Waals surface area contributed by atoms with Gasteiger partial charge in [-0.15, -0.1) is 0 Å². The Morgan fingerprint density at radius 1 is 1.15 bits per heavy atom. The number of nitrogens with zero attached hydrogens (tertiary/aromatic N) is 3. The monoisotopic (exact) mass is 507 g/mol. The first-order chi connectivity index (χ1) is 16.2. The molecule has 5 aliphatic rings. The van der Waals surface area contributed by atoms with Gasteiger partial charge in [0.15, 0.2) is 0 Å². The lowest BCUT2D eigenvalue weighted by Gasteiger charge is -2.41. The maximum Gasteiger partial charge on any atom is 0.261 e. The van der Waals surface area contributed by atoms with Crippen LogP contribution in [0.15, 0.2) is 0 Å². The predicted octanol–water partition coefficient (Wildman–Crippen LogP) is -0.874. The van der Waals surface area contributed by atoms with Crippen molar-refractivity contribution in [3.05, 3.63) is 0 Å². The normalized spacial score (nSPS) is 42.3. The van der Waals surface area contributed by atoms with Crippen LogP contribution in [0.2, 0.25) is 0 Å². The number of hydrogen-bond donors (Lipinski definition) is 4. The molecule has 10 nitrogen and oxygen atoms in total. The molecular weight excluding hydrogens is 468 g/mol. The van der Waals surface area contributed by atoms with E-state index in [9.17, 15) is 17.2 Å². The van der Waals surface area contributed by atoms with E-state index < -0.39 is 21.2 Å². The summed E-state index contributed by atoms with van der Waals surface area (Å²) in [6.07, 6.45) is 3.04. The molecule has 0 amide bonds. The van der Waals surface area contributed by atoms with Gasteiger partial charge in [-0.2, -0.15) is 0 Å². The number of likely N-dealkylation sites (tertiary alicyclic amines) is 1. The van der Waals surface area contributed by atoms with Crippen molar-refractivity contribution in [2.24, 2.45) is 5.92 Å². The number of rotatable bonds is 6. The van der Waals surface area contributed by atoms with E-state index in [0.717, 1.165) is 32.4 Å². The average Bonchev–Trinajstić information content (AvgIpc) is 3.53. The Labute approximate surface area is 201 Å². The van der Waals surface area contributed by atoms with Crippen LogP contribution in [0.25, 0.3) is 0 Å². The molecule has 13 heteroatoms. The maximum absolute atomic E-state index is 13.7. The number of likely N-dealkylation sites (N-methyl/N-ethyl adjacent to an activating group) is 1. The van der Waals surface area contributed by atoms with Crippen molar-refractivity contribution >= 4 is 10.0 Å². The van der Waals surface area contributed by atoms with Crippen molar-refractivity contribution < 1.29 is 21.9 Å².